The molecule has 4 aromatic rings. The summed E-state index contributed by atoms with van der Waals surface area (Å²) in [5.74, 6) is 1.03. The second kappa shape index (κ2) is 6.51. The van der Waals surface area contributed by atoms with Gasteiger partial charge in [0.2, 0.25) is 5.13 Å². The number of carbonyl (C=O) groups excluding carboxylic acids is 1. The van der Waals surface area contributed by atoms with Gasteiger partial charge in [-0.15, -0.1) is 0 Å². The van der Waals surface area contributed by atoms with Gasteiger partial charge in [-0.05, 0) is 38.1 Å². The van der Waals surface area contributed by atoms with E-state index in [9.17, 15) is 4.79 Å². The number of rotatable bonds is 4. The van der Waals surface area contributed by atoms with Gasteiger partial charge in [-0.2, -0.15) is 14.9 Å². The van der Waals surface area contributed by atoms with Gasteiger partial charge in [0.25, 0.3) is 5.91 Å². The lowest BCUT2D eigenvalue weighted by Crippen LogP contribution is -2.16. The van der Waals surface area contributed by atoms with E-state index in [1.807, 2.05) is 32.0 Å². The molecule has 0 atom stereocenters. The summed E-state index contributed by atoms with van der Waals surface area (Å²) < 4.78 is 9.55. The van der Waals surface area contributed by atoms with Gasteiger partial charge in [0, 0.05) is 18.8 Å². The fourth-order valence-electron chi connectivity index (χ4n) is 2.70. The highest BCUT2D eigenvalue weighted by molar-refractivity contribution is 7.20. The maximum Gasteiger partial charge on any atom is 0.277 e. The topological polar surface area (TPSA) is 86.9 Å². The highest BCUT2D eigenvalue weighted by Gasteiger charge is 2.17. The van der Waals surface area contributed by atoms with E-state index in [0.717, 1.165) is 27.4 Å². The van der Waals surface area contributed by atoms with E-state index in [-0.39, 0.29) is 5.91 Å². The fourth-order valence-corrected chi connectivity index (χ4v) is 3.66. The van der Waals surface area contributed by atoms with E-state index in [1.54, 1.807) is 35.7 Å². The molecule has 1 amide bonds. The molecule has 4 rings (SSSR count). The molecular weight excluding hydrogens is 364 g/mol. The summed E-state index contributed by atoms with van der Waals surface area (Å²) in [5.41, 5.74) is 2.89. The Morgan fingerprint density at radius 3 is 2.70 bits per heavy atom. The average molecular weight is 382 g/mol. The smallest absolute Gasteiger partial charge is 0.277 e. The Balaban J connectivity index is 1.69. The van der Waals surface area contributed by atoms with Crippen molar-refractivity contribution in [2.45, 2.75) is 13.8 Å². The number of benzene rings is 1. The zero-order valence-electron chi connectivity index (χ0n) is 15.3. The van der Waals surface area contributed by atoms with Crippen LogP contribution >= 0.6 is 11.3 Å². The van der Waals surface area contributed by atoms with E-state index in [2.05, 4.69) is 20.5 Å². The highest BCUT2D eigenvalue weighted by Crippen LogP contribution is 2.30. The van der Waals surface area contributed by atoms with Gasteiger partial charge in [0.15, 0.2) is 5.69 Å². The third kappa shape index (κ3) is 3.17. The molecule has 3 aromatic heterocycles. The Bertz CT molecular complexity index is 1140. The van der Waals surface area contributed by atoms with Crippen molar-refractivity contribution in [3.8, 4) is 10.9 Å². The first-order chi connectivity index (χ1) is 12.9. The molecule has 1 aromatic carbocycles. The van der Waals surface area contributed by atoms with Gasteiger partial charge in [0.1, 0.15) is 11.6 Å². The third-order valence-electron chi connectivity index (χ3n) is 4.19. The first-order valence-electron chi connectivity index (χ1n) is 8.28. The van der Waals surface area contributed by atoms with Crippen molar-refractivity contribution in [2.24, 2.45) is 7.05 Å². The van der Waals surface area contributed by atoms with Crippen LogP contribution in [0.1, 0.15) is 21.9 Å². The number of fused-ring (bicyclic) bond motifs is 1. The number of ether oxygens (including phenoxy) is 1. The Hall–Kier alpha value is -3.20. The monoisotopic (exact) mass is 382 g/mol. The lowest BCUT2D eigenvalue weighted by atomic mass is 10.3. The molecule has 27 heavy (non-hydrogen) atoms. The predicted octanol–water partition coefficient (Wildman–Crippen LogP) is 3.09. The summed E-state index contributed by atoms with van der Waals surface area (Å²) >= 11 is 1.48. The van der Waals surface area contributed by atoms with Gasteiger partial charge in [-0.25, -0.2) is 4.98 Å². The molecule has 0 fully saturated rings. The molecule has 8 nitrogen and oxygen atoms in total. The van der Waals surface area contributed by atoms with E-state index < -0.39 is 0 Å². The molecule has 0 radical (unpaired) electrons. The highest BCUT2D eigenvalue weighted by atomic mass is 32.1. The molecule has 0 saturated carbocycles. The standard InChI is InChI=1S/C18H18N6O2S/c1-10-7-16(20-17(25)14-8-11(2)23(3)22-14)24(21-10)18-19-13-6-5-12(26-4)9-15(13)27-18/h5-9H,1-4H3,(H,20,25). The van der Waals surface area contributed by atoms with Gasteiger partial charge in [-0.1, -0.05) is 11.3 Å². The normalized spacial score (nSPS) is 11.1. The van der Waals surface area contributed by atoms with Crippen LogP contribution in [0.15, 0.2) is 30.3 Å². The molecule has 0 saturated heterocycles. The number of hydrogen-bond acceptors (Lipinski definition) is 6. The van der Waals surface area contributed by atoms with Gasteiger partial charge >= 0.3 is 0 Å². The minimum atomic E-state index is -0.289. The molecule has 1 N–H and O–H groups in total. The SMILES string of the molecule is COc1ccc2nc(-n3nc(C)cc3NC(=O)c3cc(C)n(C)n3)sc2c1. The lowest BCUT2D eigenvalue weighted by molar-refractivity contribution is 0.102. The summed E-state index contributed by atoms with van der Waals surface area (Å²) in [6, 6.07) is 9.25. The molecule has 0 unspecified atom stereocenters. The maximum absolute atomic E-state index is 12.6. The summed E-state index contributed by atoms with van der Waals surface area (Å²) in [4.78, 5) is 17.2. The summed E-state index contributed by atoms with van der Waals surface area (Å²) in [7, 11) is 3.43. The second-order valence-corrected chi connectivity index (χ2v) is 7.17. The van der Waals surface area contributed by atoms with E-state index in [1.165, 1.54) is 11.3 Å². The van der Waals surface area contributed by atoms with E-state index in [4.69, 9.17) is 4.74 Å². The Morgan fingerprint density at radius 2 is 2.00 bits per heavy atom. The van der Waals surface area contributed by atoms with Crippen LogP contribution in [0.25, 0.3) is 15.3 Å². The summed E-state index contributed by atoms with van der Waals surface area (Å²) in [6.07, 6.45) is 0. The molecular formula is C18H18N6O2S. The number of amides is 1. The van der Waals surface area contributed by atoms with Crippen LogP contribution < -0.4 is 10.1 Å². The zero-order valence-corrected chi connectivity index (χ0v) is 16.2. The van der Waals surface area contributed by atoms with Crippen LogP contribution in [0.2, 0.25) is 0 Å². The first kappa shape index (κ1) is 17.2. The van der Waals surface area contributed by atoms with Crippen molar-refractivity contribution in [3.63, 3.8) is 0 Å². The van der Waals surface area contributed by atoms with E-state index >= 15 is 0 Å². The quantitative estimate of drug-likeness (QED) is 0.586. The van der Waals surface area contributed by atoms with Crippen LogP contribution in [0.3, 0.4) is 0 Å². The molecule has 138 valence electrons. The lowest BCUT2D eigenvalue weighted by Gasteiger charge is -2.04. The Morgan fingerprint density at radius 1 is 1.19 bits per heavy atom. The number of hydrogen-bond donors (Lipinski definition) is 1. The number of aromatic nitrogens is 5. The molecule has 0 bridgehead atoms. The van der Waals surface area contributed by atoms with Gasteiger partial charge in [0.05, 0.1) is 23.0 Å². The molecule has 3 heterocycles. The Labute approximate surface area is 159 Å². The molecule has 0 aliphatic heterocycles. The third-order valence-corrected chi connectivity index (χ3v) is 5.18. The average Bonchev–Trinajstić information content (AvgIpc) is 3.31. The number of nitrogens with zero attached hydrogens (tertiary/aromatic N) is 5. The van der Waals surface area contributed by atoms with Crippen LogP contribution in [0, 0.1) is 13.8 Å². The van der Waals surface area contributed by atoms with Gasteiger partial charge in [-0.3, -0.25) is 9.48 Å². The second-order valence-electron chi connectivity index (χ2n) is 6.16. The minimum Gasteiger partial charge on any atom is -0.497 e. The van der Waals surface area contributed by atoms with Crippen molar-refractivity contribution >= 4 is 33.3 Å². The van der Waals surface area contributed by atoms with Crippen molar-refractivity contribution in [3.05, 3.63) is 47.4 Å². The van der Waals surface area contributed by atoms with Crippen molar-refractivity contribution in [2.75, 3.05) is 12.4 Å². The number of aryl methyl sites for hydroxylation is 3. The summed E-state index contributed by atoms with van der Waals surface area (Å²) in [6.45, 7) is 3.76. The molecule has 9 heteroatoms. The largest absolute Gasteiger partial charge is 0.497 e. The van der Waals surface area contributed by atoms with Crippen LogP contribution in [0.5, 0.6) is 5.75 Å². The van der Waals surface area contributed by atoms with Crippen LogP contribution in [0.4, 0.5) is 5.82 Å². The van der Waals surface area contributed by atoms with Crippen molar-refractivity contribution in [1.29, 1.82) is 0 Å². The Kier molecular flexibility index (Phi) is 4.15. The van der Waals surface area contributed by atoms with Crippen molar-refractivity contribution < 1.29 is 9.53 Å². The molecule has 0 aliphatic carbocycles. The number of methoxy groups -OCH3 is 1. The summed E-state index contributed by atoms with van der Waals surface area (Å²) in [5, 5.41) is 12.2. The van der Waals surface area contributed by atoms with E-state index in [0.29, 0.717) is 16.6 Å². The number of thiazole rings is 1. The van der Waals surface area contributed by atoms with Crippen LogP contribution in [-0.4, -0.2) is 37.6 Å². The van der Waals surface area contributed by atoms with Crippen LogP contribution in [-0.2, 0) is 7.05 Å². The zero-order chi connectivity index (χ0) is 19.1. The predicted molar refractivity (Wildman–Crippen MR) is 104 cm³/mol. The minimum absolute atomic E-state index is 0.289. The molecule has 0 aliphatic rings. The number of carbonyl (C=O) groups is 1. The van der Waals surface area contributed by atoms with Crippen molar-refractivity contribution in [1.82, 2.24) is 24.5 Å². The molecule has 0 spiro atoms. The first-order valence-corrected chi connectivity index (χ1v) is 9.10. The maximum atomic E-state index is 12.6. The number of anilines is 1. The fraction of sp³-hybridized carbons (Fsp3) is 0.222. The number of nitrogens with one attached hydrogen (secondary N) is 1. The van der Waals surface area contributed by atoms with Gasteiger partial charge < -0.3 is 10.1 Å².